The molecule has 0 saturated heterocycles. The van der Waals surface area contributed by atoms with Gasteiger partial charge in [0.05, 0.1) is 0 Å². The molecule has 1 unspecified atom stereocenters. The second kappa shape index (κ2) is 11.0. The Hall–Kier alpha value is 0.0969. The van der Waals surface area contributed by atoms with Crippen molar-refractivity contribution in [1.82, 2.24) is 4.98 Å². The Morgan fingerprint density at radius 1 is 0.944 bits per heavy atom. The van der Waals surface area contributed by atoms with E-state index in [9.17, 15) is 0 Å². The fraction of sp³-hybridized carbons (Fsp3) is 1.00. The fourth-order valence-electron chi connectivity index (χ4n) is 1.76. The summed E-state index contributed by atoms with van der Waals surface area (Å²) < 4.78 is 12.3. The van der Waals surface area contributed by atoms with Gasteiger partial charge in [0.25, 0.3) is 0 Å². The van der Waals surface area contributed by atoms with Crippen molar-refractivity contribution in [1.29, 1.82) is 0 Å². The predicted molar refractivity (Wildman–Crippen MR) is 80.8 cm³/mol. The largest absolute Gasteiger partial charge is 0.425 e. The zero-order valence-corrected chi connectivity index (χ0v) is 14.1. The molecule has 0 aliphatic rings. The first-order chi connectivity index (χ1) is 8.64. The van der Waals surface area contributed by atoms with Gasteiger partial charge in [0.2, 0.25) is 0 Å². The molecule has 0 aromatic carbocycles. The maximum Gasteiger partial charge on any atom is 0.425 e. The minimum atomic E-state index is -2.19. The van der Waals surface area contributed by atoms with Gasteiger partial charge in [0.15, 0.2) is 0 Å². The van der Waals surface area contributed by atoms with Crippen LogP contribution in [0, 0.1) is 0 Å². The van der Waals surface area contributed by atoms with Gasteiger partial charge in [-0.3, -0.25) is 4.98 Å². The van der Waals surface area contributed by atoms with E-state index in [0.29, 0.717) is 6.04 Å². The summed E-state index contributed by atoms with van der Waals surface area (Å²) in [6.45, 7) is 12.6. The SMILES string of the molecule is CCCC[Si](NC(C)CC)(OCCC)OCCC. The first-order valence-corrected chi connectivity index (χ1v) is 9.72. The average Bonchev–Trinajstić information content (AvgIpc) is 2.40. The van der Waals surface area contributed by atoms with Crippen molar-refractivity contribution >= 4 is 8.72 Å². The van der Waals surface area contributed by atoms with Crippen LogP contribution in [0.25, 0.3) is 0 Å². The Balaban J connectivity index is 4.61. The van der Waals surface area contributed by atoms with Gasteiger partial charge < -0.3 is 8.85 Å². The molecule has 0 bridgehead atoms. The van der Waals surface area contributed by atoms with Gasteiger partial charge in [-0.2, -0.15) is 0 Å². The Kier molecular flexibility index (Phi) is 11.0. The van der Waals surface area contributed by atoms with Crippen LogP contribution in [0.3, 0.4) is 0 Å². The van der Waals surface area contributed by atoms with E-state index >= 15 is 0 Å². The van der Waals surface area contributed by atoms with E-state index in [4.69, 9.17) is 8.85 Å². The Labute approximate surface area is 115 Å². The predicted octanol–water partition coefficient (Wildman–Crippen LogP) is 3.97. The van der Waals surface area contributed by atoms with Crippen molar-refractivity contribution in [2.45, 2.75) is 78.8 Å². The van der Waals surface area contributed by atoms with Crippen molar-refractivity contribution < 1.29 is 8.85 Å². The lowest BCUT2D eigenvalue weighted by atomic mass is 10.3. The van der Waals surface area contributed by atoms with E-state index in [0.717, 1.165) is 38.5 Å². The van der Waals surface area contributed by atoms with E-state index in [1.807, 2.05) is 0 Å². The zero-order chi connectivity index (χ0) is 13.9. The van der Waals surface area contributed by atoms with E-state index in [-0.39, 0.29) is 0 Å². The molecule has 0 heterocycles. The molecule has 0 amide bonds. The molecular weight excluding hydrogens is 242 g/mol. The van der Waals surface area contributed by atoms with Crippen molar-refractivity contribution in [3.63, 3.8) is 0 Å². The molecule has 110 valence electrons. The summed E-state index contributed by atoms with van der Waals surface area (Å²) >= 11 is 0. The second-order valence-electron chi connectivity index (χ2n) is 5.01. The summed E-state index contributed by atoms with van der Waals surface area (Å²) in [7, 11) is -2.19. The summed E-state index contributed by atoms with van der Waals surface area (Å²) in [5.41, 5.74) is 0. The van der Waals surface area contributed by atoms with Crippen molar-refractivity contribution in [3.8, 4) is 0 Å². The monoisotopic (exact) mass is 275 g/mol. The quantitative estimate of drug-likeness (QED) is 0.547. The maximum atomic E-state index is 6.16. The summed E-state index contributed by atoms with van der Waals surface area (Å²) in [5, 5.41) is 0. The molecule has 0 aliphatic carbocycles. The molecule has 18 heavy (non-hydrogen) atoms. The maximum absolute atomic E-state index is 6.16. The first kappa shape index (κ1) is 18.1. The third-order valence-corrected chi connectivity index (χ3v) is 6.30. The van der Waals surface area contributed by atoms with Crippen LogP contribution in [0.1, 0.15) is 66.7 Å². The zero-order valence-electron chi connectivity index (χ0n) is 13.1. The molecule has 0 saturated carbocycles. The lowest BCUT2D eigenvalue weighted by molar-refractivity contribution is 0.151. The van der Waals surface area contributed by atoms with E-state index in [2.05, 4.69) is 39.6 Å². The van der Waals surface area contributed by atoms with Crippen molar-refractivity contribution in [2.24, 2.45) is 0 Å². The molecule has 1 atom stereocenters. The topological polar surface area (TPSA) is 30.5 Å². The number of hydrogen-bond acceptors (Lipinski definition) is 3. The van der Waals surface area contributed by atoms with E-state index in [1.165, 1.54) is 12.8 Å². The molecule has 0 aliphatic heterocycles. The van der Waals surface area contributed by atoms with Crippen LogP contribution >= 0.6 is 0 Å². The van der Waals surface area contributed by atoms with Crippen LogP contribution in [-0.2, 0) is 8.85 Å². The molecule has 0 spiro atoms. The highest BCUT2D eigenvalue weighted by molar-refractivity contribution is 6.64. The normalized spacial score (nSPS) is 13.8. The highest BCUT2D eigenvalue weighted by Crippen LogP contribution is 2.17. The summed E-state index contributed by atoms with van der Waals surface area (Å²) in [5.74, 6) is 0. The van der Waals surface area contributed by atoms with Crippen LogP contribution in [0.4, 0.5) is 0 Å². The summed E-state index contributed by atoms with van der Waals surface area (Å²) in [4.78, 5) is 3.68. The van der Waals surface area contributed by atoms with Gasteiger partial charge in [-0.25, -0.2) is 0 Å². The minimum Gasteiger partial charge on any atom is -0.383 e. The van der Waals surface area contributed by atoms with Gasteiger partial charge in [0, 0.05) is 25.3 Å². The summed E-state index contributed by atoms with van der Waals surface area (Å²) in [6.07, 6.45) is 5.61. The van der Waals surface area contributed by atoms with E-state index < -0.39 is 8.72 Å². The van der Waals surface area contributed by atoms with Gasteiger partial charge in [-0.15, -0.1) is 0 Å². The third-order valence-electron chi connectivity index (χ3n) is 3.02. The van der Waals surface area contributed by atoms with Crippen molar-refractivity contribution in [3.05, 3.63) is 0 Å². The number of hydrogen-bond donors (Lipinski definition) is 1. The first-order valence-electron chi connectivity index (χ1n) is 7.69. The molecule has 0 rings (SSSR count). The highest BCUT2D eigenvalue weighted by atomic mass is 28.4. The third kappa shape index (κ3) is 7.51. The fourth-order valence-corrected chi connectivity index (χ4v) is 5.29. The standard InChI is InChI=1S/C14H33NO2Si/c1-6-10-13-18(16-11-7-2,17-12-8-3)15-14(5)9-4/h14-15H,6-13H2,1-5H3. The lowest BCUT2D eigenvalue weighted by Crippen LogP contribution is -2.59. The Morgan fingerprint density at radius 2 is 1.50 bits per heavy atom. The molecule has 4 heteroatoms. The van der Waals surface area contributed by atoms with Crippen LogP contribution < -0.4 is 4.98 Å². The van der Waals surface area contributed by atoms with Gasteiger partial charge >= 0.3 is 8.72 Å². The van der Waals surface area contributed by atoms with Crippen LogP contribution in [-0.4, -0.2) is 28.0 Å². The van der Waals surface area contributed by atoms with Crippen LogP contribution in [0.5, 0.6) is 0 Å². The molecule has 0 aromatic rings. The molecular formula is C14H33NO2Si. The van der Waals surface area contributed by atoms with Gasteiger partial charge in [-0.05, 0) is 19.3 Å². The minimum absolute atomic E-state index is 0.474. The van der Waals surface area contributed by atoms with Gasteiger partial charge in [0.1, 0.15) is 0 Å². The molecule has 0 fully saturated rings. The molecule has 3 nitrogen and oxygen atoms in total. The van der Waals surface area contributed by atoms with Crippen LogP contribution in [0.15, 0.2) is 0 Å². The molecule has 1 N–H and O–H groups in total. The number of unbranched alkanes of at least 4 members (excludes halogenated alkanes) is 1. The number of rotatable bonds is 12. The Morgan fingerprint density at radius 3 is 1.89 bits per heavy atom. The lowest BCUT2D eigenvalue weighted by Gasteiger charge is -2.33. The van der Waals surface area contributed by atoms with Crippen molar-refractivity contribution in [2.75, 3.05) is 13.2 Å². The smallest absolute Gasteiger partial charge is 0.383 e. The summed E-state index contributed by atoms with van der Waals surface area (Å²) in [6, 6.07) is 1.54. The number of nitrogens with one attached hydrogen (secondary N) is 1. The van der Waals surface area contributed by atoms with Crippen LogP contribution in [0.2, 0.25) is 6.04 Å². The molecule has 0 radical (unpaired) electrons. The highest BCUT2D eigenvalue weighted by Gasteiger charge is 2.38. The second-order valence-corrected chi connectivity index (χ2v) is 7.88. The van der Waals surface area contributed by atoms with Gasteiger partial charge in [-0.1, -0.05) is 47.5 Å². The van der Waals surface area contributed by atoms with E-state index in [1.54, 1.807) is 0 Å². The Bertz CT molecular complexity index is 169. The average molecular weight is 276 g/mol. The molecule has 0 aromatic heterocycles.